The topological polar surface area (TPSA) is 75.7 Å². The van der Waals surface area contributed by atoms with Gasteiger partial charge >= 0.3 is 0 Å². The van der Waals surface area contributed by atoms with Gasteiger partial charge in [0.1, 0.15) is 16.8 Å². The van der Waals surface area contributed by atoms with Crippen LogP contribution in [0.4, 0.5) is 0 Å². The molecule has 0 unspecified atom stereocenters. The third-order valence-electron chi connectivity index (χ3n) is 3.10. The van der Waals surface area contributed by atoms with E-state index in [0.29, 0.717) is 11.0 Å². The molecule has 0 radical (unpaired) electrons. The van der Waals surface area contributed by atoms with E-state index < -0.39 is 0 Å². The van der Waals surface area contributed by atoms with Crippen LogP contribution < -0.4 is 10.3 Å². The van der Waals surface area contributed by atoms with E-state index in [2.05, 4.69) is 15.1 Å². The van der Waals surface area contributed by atoms with Crippen LogP contribution in [-0.4, -0.2) is 26.9 Å². The standard InChI is InChI=1S/C13H12N4O2S/c1-7-5-8(19-2)3-4-10(7)17-11-9(6-14-17)12(18)16-13(20)15-11/h3-6H,1-2H3,(H2,15,16,18,20). The number of hydrogen-bond acceptors (Lipinski definition) is 4. The van der Waals surface area contributed by atoms with Crippen molar-refractivity contribution in [2.24, 2.45) is 0 Å². The van der Waals surface area contributed by atoms with E-state index in [-0.39, 0.29) is 10.3 Å². The van der Waals surface area contributed by atoms with Crippen molar-refractivity contribution in [2.45, 2.75) is 6.92 Å². The fourth-order valence-electron chi connectivity index (χ4n) is 2.12. The molecule has 0 bridgehead atoms. The molecule has 1 aromatic carbocycles. The number of benzene rings is 1. The van der Waals surface area contributed by atoms with Crippen molar-refractivity contribution >= 4 is 23.3 Å². The number of aromatic amines is 2. The highest BCUT2D eigenvalue weighted by molar-refractivity contribution is 7.71. The Bertz CT molecular complexity index is 907. The molecule has 0 saturated heterocycles. The lowest BCUT2D eigenvalue weighted by atomic mass is 10.2. The molecule has 7 heteroatoms. The van der Waals surface area contributed by atoms with E-state index in [9.17, 15) is 4.79 Å². The molecule has 6 nitrogen and oxygen atoms in total. The van der Waals surface area contributed by atoms with Crippen molar-refractivity contribution in [3.63, 3.8) is 0 Å². The van der Waals surface area contributed by atoms with Crippen molar-refractivity contribution in [2.75, 3.05) is 7.11 Å². The van der Waals surface area contributed by atoms with Crippen molar-refractivity contribution in [1.29, 1.82) is 0 Å². The van der Waals surface area contributed by atoms with Gasteiger partial charge in [-0.15, -0.1) is 0 Å². The molecule has 2 N–H and O–H groups in total. The summed E-state index contributed by atoms with van der Waals surface area (Å²) in [5.41, 5.74) is 2.17. The Balaban J connectivity index is 2.30. The van der Waals surface area contributed by atoms with Crippen molar-refractivity contribution in [1.82, 2.24) is 19.7 Å². The lowest BCUT2D eigenvalue weighted by Gasteiger charge is -2.09. The summed E-state index contributed by atoms with van der Waals surface area (Å²) in [6, 6.07) is 5.64. The Morgan fingerprint density at radius 1 is 1.35 bits per heavy atom. The summed E-state index contributed by atoms with van der Waals surface area (Å²) in [5.74, 6) is 0.772. The smallest absolute Gasteiger partial charge is 0.262 e. The van der Waals surface area contributed by atoms with Crippen LogP contribution in [0.25, 0.3) is 16.7 Å². The minimum absolute atomic E-state index is 0.249. The number of nitrogens with one attached hydrogen (secondary N) is 2. The zero-order valence-electron chi connectivity index (χ0n) is 10.9. The van der Waals surface area contributed by atoms with E-state index in [1.807, 2.05) is 25.1 Å². The molecule has 20 heavy (non-hydrogen) atoms. The van der Waals surface area contributed by atoms with E-state index in [4.69, 9.17) is 17.0 Å². The molecule has 2 aromatic heterocycles. The molecule has 102 valence electrons. The average molecular weight is 288 g/mol. The number of H-pyrrole nitrogens is 2. The lowest BCUT2D eigenvalue weighted by molar-refractivity contribution is 0.414. The van der Waals surface area contributed by atoms with E-state index in [1.54, 1.807) is 11.8 Å². The van der Waals surface area contributed by atoms with E-state index in [0.717, 1.165) is 17.0 Å². The van der Waals surface area contributed by atoms with Gasteiger partial charge < -0.3 is 9.72 Å². The number of rotatable bonds is 2. The molecule has 0 aliphatic rings. The number of nitrogens with zero attached hydrogens (tertiary/aromatic N) is 2. The number of ether oxygens (including phenoxy) is 1. The predicted molar refractivity (Wildman–Crippen MR) is 78.2 cm³/mol. The minimum atomic E-state index is -0.249. The Morgan fingerprint density at radius 3 is 2.85 bits per heavy atom. The molecule has 0 aliphatic heterocycles. The first-order valence-electron chi connectivity index (χ1n) is 5.95. The van der Waals surface area contributed by atoms with Crippen LogP contribution in [0.5, 0.6) is 5.75 Å². The highest BCUT2D eigenvalue weighted by Crippen LogP contribution is 2.21. The average Bonchev–Trinajstić information content (AvgIpc) is 2.82. The van der Waals surface area contributed by atoms with E-state index >= 15 is 0 Å². The fourth-order valence-corrected chi connectivity index (χ4v) is 2.31. The maximum Gasteiger partial charge on any atom is 0.262 e. The van der Waals surface area contributed by atoms with Crippen LogP contribution in [0.15, 0.2) is 29.2 Å². The molecule has 0 aliphatic carbocycles. The molecular formula is C13H12N4O2S. The zero-order valence-corrected chi connectivity index (χ0v) is 11.7. The number of hydrogen-bond donors (Lipinski definition) is 2. The van der Waals surface area contributed by atoms with Gasteiger partial charge in [-0.25, -0.2) is 4.68 Å². The van der Waals surface area contributed by atoms with Crippen LogP contribution in [0.3, 0.4) is 0 Å². The zero-order chi connectivity index (χ0) is 14.3. The Hall–Kier alpha value is -2.41. The van der Waals surface area contributed by atoms with Crippen LogP contribution in [-0.2, 0) is 0 Å². The quantitative estimate of drug-likeness (QED) is 0.708. The van der Waals surface area contributed by atoms with Gasteiger partial charge in [-0.3, -0.25) is 9.78 Å². The van der Waals surface area contributed by atoms with Crippen LogP contribution >= 0.6 is 12.2 Å². The van der Waals surface area contributed by atoms with Gasteiger partial charge in [-0.1, -0.05) is 0 Å². The molecular weight excluding hydrogens is 276 g/mol. The minimum Gasteiger partial charge on any atom is -0.497 e. The Morgan fingerprint density at radius 2 is 2.15 bits per heavy atom. The SMILES string of the molecule is COc1ccc(-n2ncc3c(=O)[nH]c(=S)[nH]c32)c(C)c1. The van der Waals surface area contributed by atoms with Crippen LogP contribution in [0.1, 0.15) is 5.56 Å². The summed E-state index contributed by atoms with van der Waals surface area (Å²) >= 11 is 5.00. The van der Waals surface area contributed by atoms with Gasteiger partial charge in [-0.05, 0) is 42.9 Å². The molecule has 0 fully saturated rings. The maximum atomic E-state index is 11.8. The van der Waals surface area contributed by atoms with Crippen molar-refractivity contribution in [3.8, 4) is 11.4 Å². The van der Waals surface area contributed by atoms with Crippen molar-refractivity contribution < 1.29 is 4.74 Å². The van der Waals surface area contributed by atoms with Crippen molar-refractivity contribution in [3.05, 3.63) is 45.1 Å². The third-order valence-corrected chi connectivity index (χ3v) is 3.31. The summed E-state index contributed by atoms with van der Waals surface area (Å²) in [6.07, 6.45) is 1.52. The lowest BCUT2D eigenvalue weighted by Crippen LogP contribution is -2.08. The Kier molecular flexibility index (Phi) is 2.90. The molecule has 3 aromatic rings. The fraction of sp³-hybridized carbons (Fsp3) is 0.154. The number of aromatic nitrogens is 4. The third kappa shape index (κ3) is 1.92. The summed E-state index contributed by atoms with van der Waals surface area (Å²) in [4.78, 5) is 17.3. The number of fused-ring (bicyclic) bond motifs is 1. The molecule has 3 rings (SSSR count). The molecule has 2 heterocycles. The maximum absolute atomic E-state index is 11.8. The highest BCUT2D eigenvalue weighted by atomic mass is 32.1. The van der Waals surface area contributed by atoms with Gasteiger partial charge in [0.2, 0.25) is 0 Å². The Labute approximate surface area is 119 Å². The molecule has 0 atom stereocenters. The normalized spacial score (nSPS) is 10.9. The summed E-state index contributed by atoms with van der Waals surface area (Å²) in [5, 5.41) is 4.73. The summed E-state index contributed by atoms with van der Waals surface area (Å²) < 4.78 is 7.12. The monoisotopic (exact) mass is 288 g/mol. The van der Waals surface area contributed by atoms with Gasteiger partial charge in [0, 0.05) is 0 Å². The second kappa shape index (κ2) is 4.61. The second-order valence-electron chi connectivity index (χ2n) is 4.38. The first kappa shape index (κ1) is 12.6. The largest absolute Gasteiger partial charge is 0.497 e. The molecule has 0 spiro atoms. The molecule has 0 amide bonds. The van der Waals surface area contributed by atoms with Gasteiger partial charge in [0.05, 0.1) is 19.0 Å². The van der Waals surface area contributed by atoms with Crippen LogP contribution in [0.2, 0.25) is 0 Å². The first-order chi connectivity index (χ1) is 9.60. The first-order valence-corrected chi connectivity index (χ1v) is 6.36. The van der Waals surface area contributed by atoms with Gasteiger partial charge in [0.15, 0.2) is 4.77 Å². The highest BCUT2D eigenvalue weighted by Gasteiger charge is 2.10. The summed E-state index contributed by atoms with van der Waals surface area (Å²) in [7, 11) is 1.62. The molecule has 0 saturated carbocycles. The number of aryl methyl sites for hydroxylation is 1. The number of methoxy groups -OCH3 is 1. The van der Waals surface area contributed by atoms with E-state index in [1.165, 1.54) is 6.20 Å². The van der Waals surface area contributed by atoms with Crippen LogP contribution in [0, 0.1) is 11.7 Å². The van der Waals surface area contributed by atoms with Gasteiger partial charge in [0.25, 0.3) is 5.56 Å². The van der Waals surface area contributed by atoms with Gasteiger partial charge in [-0.2, -0.15) is 5.10 Å². The second-order valence-corrected chi connectivity index (χ2v) is 4.79. The predicted octanol–water partition coefficient (Wildman–Crippen LogP) is 2.09. The summed E-state index contributed by atoms with van der Waals surface area (Å²) in [6.45, 7) is 1.95.